The number of carbonyl (C=O) groups excluding carboxylic acids is 1. The van der Waals surface area contributed by atoms with Crippen LogP contribution in [-0.2, 0) is 0 Å². The Kier molecular flexibility index (Phi) is 4.52. The predicted molar refractivity (Wildman–Crippen MR) is 104 cm³/mol. The van der Waals surface area contributed by atoms with Gasteiger partial charge in [0, 0.05) is 20.6 Å². The zero-order chi connectivity index (χ0) is 17.4. The molecule has 25 heavy (non-hydrogen) atoms. The van der Waals surface area contributed by atoms with Crippen molar-refractivity contribution in [3.63, 3.8) is 0 Å². The van der Waals surface area contributed by atoms with Crippen molar-refractivity contribution < 1.29 is 4.79 Å². The molecule has 1 aliphatic carbocycles. The number of nitrogens with one attached hydrogen (secondary N) is 1. The van der Waals surface area contributed by atoms with Crippen LogP contribution in [0, 0.1) is 0 Å². The number of hydrogen-bond acceptors (Lipinski definition) is 2. The van der Waals surface area contributed by atoms with Gasteiger partial charge in [0.05, 0.1) is 23.3 Å². The third-order valence-electron chi connectivity index (χ3n) is 4.70. The molecular weight excluding hydrogens is 402 g/mol. The summed E-state index contributed by atoms with van der Waals surface area (Å²) in [7, 11) is 0. The summed E-state index contributed by atoms with van der Waals surface area (Å²) in [6.07, 6.45) is 6.58. The molecular formula is C19H17BrClN3O. The molecule has 1 aliphatic rings. The number of carbonyl (C=O) groups is 1. The molecule has 128 valence electrons. The highest BCUT2D eigenvalue weighted by Gasteiger charge is 2.22. The summed E-state index contributed by atoms with van der Waals surface area (Å²) >= 11 is 9.43. The van der Waals surface area contributed by atoms with E-state index in [1.807, 2.05) is 12.1 Å². The molecule has 1 amide bonds. The zero-order valence-corrected chi connectivity index (χ0v) is 15.8. The van der Waals surface area contributed by atoms with Gasteiger partial charge in [0.25, 0.3) is 5.91 Å². The molecule has 0 aliphatic heterocycles. The maximum absolute atomic E-state index is 12.8. The second-order valence-corrected chi connectivity index (χ2v) is 7.73. The van der Waals surface area contributed by atoms with Gasteiger partial charge in [-0.15, -0.1) is 0 Å². The average molecular weight is 419 g/mol. The van der Waals surface area contributed by atoms with E-state index in [9.17, 15) is 4.79 Å². The van der Waals surface area contributed by atoms with E-state index in [4.69, 9.17) is 11.6 Å². The Balaban J connectivity index is 1.71. The Morgan fingerprint density at radius 2 is 1.92 bits per heavy atom. The van der Waals surface area contributed by atoms with Crippen LogP contribution in [0.15, 0.2) is 47.1 Å². The summed E-state index contributed by atoms with van der Waals surface area (Å²) in [6.45, 7) is 0. The van der Waals surface area contributed by atoms with Crippen molar-refractivity contribution in [1.82, 2.24) is 9.78 Å². The van der Waals surface area contributed by atoms with E-state index >= 15 is 0 Å². The first-order valence-corrected chi connectivity index (χ1v) is 9.52. The molecule has 1 heterocycles. The van der Waals surface area contributed by atoms with Gasteiger partial charge in [-0.25, -0.2) is 0 Å². The summed E-state index contributed by atoms with van der Waals surface area (Å²) in [5, 5.41) is 9.02. The van der Waals surface area contributed by atoms with Crippen LogP contribution in [0.2, 0.25) is 5.02 Å². The van der Waals surface area contributed by atoms with Gasteiger partial charge >= 0.3 is 0 Å². The van der Waals surface area contributed by atoms with E-state index < -0.39 is 0 Å². The minimum Gasteiger partial charge on any atom is -0.322 e. The molecule has 1 fully saturated rings. The molecule has 0 radical (unpaired) electrons. The Morgan fingerprint density at radius 1 is 1.20 bits per heavy atom. The summed E-state index contributed by atoms with van der Waals surface area (Å²) in [5.74, 6) is -0.153. The van der Waals surface area contributed by atoms with Gasteiger partial charge < -0.3 is 5.32 Å². The normalized spacial score (nSPS) is 15.0. The summed E-state index contributed by atoms with van der Waals surface area (Å²) in [5.41, 5.74) is 2.33. The van der Waals surface area contributed by atoms with Crippen molar-refractivity contribution in [2.75, 3.05) is 5.32 Å². The zero-order valence-electron chi connectivity index (χ0n) is 13.5. The molecule has 3 aromatic rings. The maximum Gasteiger partial charge on any atom is 0.256 e. The van der Waals surface area contributed by atoms with E-state index in [1.165, 1.54) is 12.8 Å². The highest BCUT2D eigenvalue weighted by atomic mass is 79.9. The predicted octanol–water partition coefficient (Wildman–Crippen LogP) is 5.82. The van der Waals surface area contributed by atoms with Crippen LogP contribution >= 0.6 is 27.5 Å². The first kappa shape index (κ1) is 16.6. The molecule has 0 unspecified atom stereocenters. The fraction of sp³-hybridized carbons (Fsp3) is 0.263. The van der Waals surface area contributed by atoms with Gasteiger partial charge in [0.2, 0.25) is 0 Å². The van der Waals surface area contributed by atoms with E-state index in [0.717, 1.165) is 28.2 Å². The smallest absolute Gasteiger partial charge is 0.256 e. The number of hydrogen-bond donors (Lipinski definition) is 1. The highest BCUT2D eigenvalue weighted by molar-refractivity contribution is 9.10. The maximum atomic E-state index is 12.8. The monoisotopic (exact) mass is 417 g/mol. The molecule has 1 N–H and O–H groups in total. The van der Waals surface area contributed by atoms with Crippen molar-refractivity contribution in [3.05, 3.63) is 57.7 Å². The fourth-order valence-corrected chi connectivity index (χ4v) is 4.04. The number of anilines is 1. The van der Waals surface area contributed by atoms with Crippen molar-refractivity contribution in [2.24, 2.45) is 0 Å². The number of fused-ring (bicyclic) bond motifs is 1. The summed E-state index contributed by atoms with van der Waals surface area (Å²) in [6, 6.07) is 11.4. The van der Waals surface area contributed by atoms with Crippen LogP contribution in [0.1, 0.15) is 42.1 Å². The lowest BCUT2D eigenvalue weighted by molar-refractivity contribution is 0.102. The second kappa shape index (κ2) is 6.81. The molecule has 4 nitrogen and oxygen atoms in total. The van der Waals surface area contributed by atoms with Gasteiger partial charge in [-0.2, -0.15) is 5.10 Å². The lowest BCUT2D eigenvalue weighted by Gasteiger charge is -2.12. The second-order valence-electron chi connectivity index (χ2n) is 6.37. The van der Waals surface area contributed by atoms with Crippen LogP contribution in [0.5, 0.6) is 0 Å². The van der Waals surface area contributed by atoms with Crippen LogP contribution in [0.25, 0.3) is 10.9 Å². The number of aromatic nitrogens is 2. The molecule has 2 aromatic carbocycles. The highest BCUT2D eigenvalue weighted by Crippen LogP contribution is 2.34. The molecule has 0 bridgehead atoms. The molecule has 6 heteroatoms. The average Bonchev–Trinajstić information content (AvgIpc) is 3.25. The molecule has 0 atom stereocenters. The fourth-order valence-electron chi connectivity index (χ4n) is 3.47. The van der Waals surface area contributed by atoms with Crippen molar-refractivity contribution in [2.45, 2.75) is 31.7 Å². The minimum absolute atomic E-state index is 0.153. The summed E-state index contributed by atoms with van der Waals surface area (Å²) < 4.78 is 2.95. The van der Waals surface area contributed by atoms with E-state index in [-0.39, 0.29) is 5.91 Å². The third-order valence-corrected chi connectivity index (χ3v) is 5.41. The number of amides is 1. The molecule has 0 spiro atoms. The lowest BCUT2D eigenvalue weighted by Crippen LogP contribution is -2.12. The van der Waals surface area contributed by atoms with Crippen molar-refractivity contribution >= 4 is 50.0 Å². The van der Waals surface area contributed by atoms with Crippen LogP contribution < -0.4 is 5.32 Å². The third kappa shape index (κ3) is 3.31. The lowest BCUT2D eigenvalue weighted by atomic mass is 10.1. The van der Waals surface area contributed by atoms with Crippen LogP contribution in [0.4, 0.5) is 5.69 Å². The van der Waals surface area contributed by atoms with Crippen molar-refractivity contribution in [1.29, 1.82) is 0 Å². The number of halogens is 2. The summed E-state index contributed by atoms with van der Waals surface area (Å²) in [4.78, 5) is 12.8. The number of rotatable bonds is 3. The Morgan fingerprint density at radius 3 is 2.64 bits per heavy atom. The Labute approximate surface area is 159 Å². The molecule has 1 aromatic heterocycles. The number of benzene rings is 2. The van der Waals surface area contributed by atoms with Gasteiger partial charge in [-0.1, -0.05) is 40.4 Å². The molecule has 0 saturated heterocycles. The SMILES string of the molecule is O=C(Nc1ccc(Cl)cc1)c1cc(Br)cc2c1cnn2C1CCCC1. The largest absolute Gasteiger partial charge is 0.322 e. The van der Waals surface area contributed by atoms with E-state index in [1.54, 1.807) is 30.5 Å². The Hall–Kier alpha value is -1.85. The molecule has 1 saturated carbocycles. The quantitative estimate of drug-likeness (QED) is 0.582. The standard InChI is InChI=1S/C19H17BrClN3O/c20-12-9-16(19(25)23-14-7-5-13(21)6-8-14)17-11-22-24(18(17)10-12)15-3-1-2-4-15/h5-11,15H,1-4H2,(H,23,25). The van der Waals surface area contributed by atoms with Crippen LogP contribution in [0.3, 0.4) is 0 Å². The van der Waals surface area contributed by atoms with Gasteiger partial charge in [0.15, 0.2) is 0 Å². The van der Waals surface area contributed by atoms with E-state index in [2.05, 4.69) is 31.0 Å². The van der Waals surface area contributed by atoms with Crippen molar-refractivity contribution in [3.8, 4) is 0 Å². The first-order chi connectivity index (χ1) is 12.1. The van der Waals surface area contributed by atoms with Gasteiger partial charge in [-0.3, -0.25) is 9.48 Å². The van der Waals surface area contributed by atoms with E-state index in [0.29, 0.717) is 22.3 Å². The minimum atomic E-state index is -0.153. The first-order valence-electron chi connectivity index (χ1n) is 8.35. The van der Waals surface area contributed by atoms with Gasteiger partial charge in [-0.05, 0) is 49.2 Å². The number of nitrogens with zero attached hydrogens (tertiary/aromatic N) is 2. The topological polar surface area (TPSA) is 46.9 Å². The Bertz CT molecular complexity index is 930. The van der Waals surface area contributed by atoms with Crippen LogP contribution in [-0.4, -0.2) is 15.7 Å². The van der Waals surface area contributed by atoms with Gasteiger partial charge in [0.1, 0.15) is 0 Å². The molecule has 4 rings (SSSR count).